The average Bonchev–Trinajstić information content (AvgIpc) is 2.39. The third-order valence-corrected chi connectivity index (χ3v) is 2.63. The van der Waals surface area contributed by atoms with E-state index in [1.807, 2.05) is 31.2 Å². The van der Waals surface area contributed by atoms with Crippen LogP contribution in [-0.4, -0.2) is 19.0 Å². The second-order valence-electron chi connectivity index (χ2n) is 3.83. The van der Waals surface area contributed by atoms with Crippen molar-refractivity contribution in [3.05, 3.63) is 35.4 Å². The molecule has 0 aromatic heterocycles. The Balaban J connectivity index is 2.17. The Kier molecular flexibility index (Phi) is 3.70. The number of ketones is 1. The van der Waals surface area contributed by atoms with Crippen LogP contribution in [0, 0.1) is 0 Å². The summed E-state index contributed by atoms with van der Waals surface area (Å²) in [5.74, 6) is 0.151. The molecule has 2 rings (SSSR count). The highest BCUT2D eigenvalue weighted by molar-refractivity contribution is 5.95. The van der Waals surface area contributed by atoms with E-state index in [0.29, 0.717) is 6.42 Å². The molecule has 0 radical (unpaired) electrons. The molecule has 1 aliphatic heterocycles. The second-order valence-corrected chi connectivity index (χ2v) is 3.83. The van der Waals surface area contributed by atoms with Gasteiger partial charge in [0, 0.05) is 17.5 Å². The zero-order chi connectivity index (χ0) is 11.4. The molecule has 0 saturated carbocycles. The maximum Gasteiger partial charge on any atom is 0.183 e. The SMILES string of the molecule is CCC(=O)c1cccc(C2OCCCO2)c1. The molecule has 3 heteroatoms. The van der Waals surface area contributed by atoms with Crippen LogP contribution < -0.4 is 0 Å². The molecule has 1 fully saturated rings. The van der Waals surface area contributed by atoms with E-state index < -0.39 is 0 Å². The van der Waals surface area contributed by atoms with Crippen molar-refractivity contribution in [1.82, 2.24) is 0 Å². The molecule has 0 amide bonds. The highest BCUT2D eigenvalue weighted by Gasteiger charge is 2.17. The standard InChI is InChI=1S/C13H16O3/c1-2-12(14)10-5-3-6-11(9-10)13-15-7-4-8-16-13/h3,5-6,9,13H,2,4,7-8H2,1H3. The van der Waals surface area contributed by atoms with Gasteiger partial charge in [0.25, 0.3) is 0 Å². The summed E-state index contributed by atoms with van der Waals surface area (Å²) >= 11 is 0. The van der Waals surface area contributed by atoms with Gasteiger partial charge < -0.3 is 9.47 Å². The number of rotatable bonds is 3. The first-order valence-corrected chi connectivity index (χ1v) is 5.67. The monoisotopic (exact) mass is 220 g/mol. The lowest BCUT2D eigenvalue weighted by molar-refractivity contribution is -0.183. The summed E-state index contributed by atoms with van der Waals surface area (Å²) < 4.78 is 11.0. The molecule has 0 spiro atoms. The summed E-state index contributed by atoms with van der Waals surface area (Å²) in [6.45, 7) is 3.30. The predicted octanol–water partition coefficient (Wildman–Crippen LogP) is 2.71. The van der Waals surface area contributed by atoms with Crippen LogP contribution >= 0.6 is 0 Å². The Bertz CT molecular complexity index is 367. The van der Waals surface area contributed by atoms with Gasteiger partial charge in [-0.15, -0.1) is 0 Å². The number of Topliss-reactive ketones (excluding diaryl/α,β-unsaturated/α-hetero) is 1. The van der Waals surface area contributed by atoms with Gasteiger partial charge in [0.2, 0.25) is 0 Å². The molecular formula is C13H16O3. The first kappa shape index (κ1) is 11.3. The molecule has 1 heterocycles. The summed E-state index contributed by atoms with van der Waals surface area (Å²) in [7, 11) is 0. The van der Waals surface area contributed by atoms with Crippen LogP contribution in [0.5, 0.6) is 0 Å². The number of carbonyl (C=O) groups excluding carboxylic acids is 1. The minimum absolute atomic E-state index is 0.151. The molecule has 86 valence electrons. The van der Waals surface area contributed by atoms with Gasteiger partial charge in [-0.2, -0.15) is 0 Å². The number of hydrogen-bond acceptors (Lipinski definition) is 3. The second kappa shape index (κ2) is 5.23. The van der Waals surface area contributed by atoms with Gasteiger partial charge in [-0.1, -0.05) is 25.1 Å². The molecule has 1 saturated heterocycles. The molecule has 1 aliphatic rings. The summed E-state index contributed by atoms with van der Waals surface area (Å²) in [5.41, 5.74) is 1.66. The smallest absolute Gasteiger partial charge is 0.183 e. The lowest BCUT2D eigenvalue weighted by atomic mass is 10.1. The van der Waals surface area contributed by atoms with Gasteiger partial charge in [-0.25, -0.2) is 0 Å². The first-order chi connectivity index (χ1) is 7.81. The average molecular weight is 220 g/mol. The largest absolute Gasteiger partial charge is 0.348 e. The van der Waals surface area contributed by atoms with Gasteiger partial charge in [0.15, 0.2) is 12.1 Å². The van der Waals surface area contributed by atoms with Crippen LogP contribution in [-0.2, 0) is 9.47 Å². The van der Waals surface area contributed by atoms with E-state index in [2.05, 4.69) is 0 Å². The zero-order valence-corrected chi connectivity index (χ0v) is 9.44. The zero-order valence-electron chi connectivity index (χ0n) is 9.44. The molecule has 1 aromatic rings. The Hall–Kier alpha value is -1.19. The number of benzene rings is 1. The van der Waals surface area contributed by atoms with Crippen molar-refractivity contribution >= 4 is 5.78 Å². The minimum atomic E-state index is -0.307. The van der Waals surface area contributed by atoms with Crippen LogP contribution in [0.25, 0.3) is 0 Å². The van der Waals surface area contributed by atoms with Gasteiger partial charge in [0.05, 0.1) is 13.2 Å². The molecule has 16 heavy (non-hydrogen) atoms. The van der Waals surface area contributed by atoms with Crippen molar-refractivity contribution in [2.24, 2.45) is 0 Å². The van der Waals surface area contributed by atoms with E-state index in [1.165, 1.54) is 0 Å². The number of ether oxygens (including phenoxy) is 2. The van der Waals surface area contributed by atoms with Crippen molar-refractivity contribution in [2.45, 2.75) is 26.1 Å². The molecule has 0 bridgehead atoms. The minimum Gasteiger partial charge on any atom is -0.348 e. The van der Waals surface area contributed by atoms with E-state index in [1.54, 1.807) is 0 Å². The van der Waals surface area contributed by atoms with Crippen LogP contribution in [0.1, 0.15) is 42.0 Å². The van der Waals surface area contributed by atoms with E-state index in [-0.39, 0.29) is 12.1 Å². The van der Waals surface area contributed by atoms with Crippen LogP contribution in [0.15, 0.2) is 24.3 Å². The Labute approximate surface area is 95.4 Å². The maximum atomic E-state index is 11.6. The topological polar surface area (TPSA) is 35.5 Å². The summed E-state index contributed by atoms with van der Waals surface area (Å²) in [5, 5.41) is 0. The molecule has 0 aliphatic carbocycles. The molecule has 3 nitrogen and oxygen atoms in total. The lowest BCUT2D eigenvalue weighted by Gasteiger charge is -2.23. The Morgan fingerprint density at radius 2 is 2.12 bits per heavy atom. The van der Waals surface area contributed by atoms with E-state index >= 15 is 0 Å². The summed E-state index contributed by atoms with van der Waals surface area (Å²) in [4.78, 5) is 11.6. The molecule has 0 atom stereocenters. The first-order valence-electron chi connectivity index (χ1n) is 5.67. The summed E-state index contributed by atoms with van der Waals surface area (Å²) in [6, 6.07) is 7.50. The van der Waals surface area contributed by atoms with Gasteiger partial charge in [-0.05, 0) is 12.5 Å². The highest BCUT2D eigenvalue weighted by atomic mass is 16.7. The molecule has 1 aromatic carbocycles. The third-order valence-electron chi connectivity index (χ3n) is 2.63. The van der Waals surface area contributed by atoms with Crippen molar-refractivity contribution in [2.75, 3.05) is 13.2 Å². The van der Waals surface area contributed by atoms with Crippen LogP contribution in [0.4, 0.5) is 0 Å². The fourth-order valence-electron chi connectivity index (χ4n) is 1.74. The van der Waals surface area contributed by atoms with Crippen molar-refractivity contribution < 1.29 is 14.3 Å². The van der Waals surface area contributed by atoms with E-state index in [9.17, 15) is 4.79 Å². The molecule has 0 unspecified atom stereocenters. The van der Waals surface area contributed by atoms with E-state index in [4.69, 9.17) is 9.47 Å². The van der Waals surface area contributed by atoms with Crippen LogP contribution in [0.2, 0.25) is 0 Å². The third kappa shape index (κ3) is 2.49. The van der Waals surface area contributed by atoms with Crippen molar-refractivity contribution in [3.8, 4) is 0 Å². The lowest BCUT2D eigenvalue weighted by Crippen LogP contribution is -2.18. The fraction of sp³-hybridized carbons (Fsp3) is 0.462. The quantitative estimate of drug-likeness (QED) is 0.735. The van der Waals surface area contributed by atoms with Gasteiger partial charge in [-0.3, -0.25) is 4.79 Å². The predicted molar refractivity (Wildman–Crippen MR) is 60.3 cm³/mol. The summed E-state index contributed by atoms with van der Waals surface area (Å²) in [6.07, 6.45) is 1.15. The normalized spacial score (nSPS) is 17.3. The van der Waals surface area contributed by atoms with Crippen molar-refractivity contribution in [1.29, 1.82) is 0 Å². The Morgan fingerprint density at radius 3 is 2.81 bits per heavy atom. The molecule has 0 N–H and O–H groups in total. The molecular weight excluding hydrogens is 204 g/mol. The fourth-order valence-corrected chi connectivity index (χ4v) is 1.74. The van der Waals surface area contributed by atoms with Gasteiger partial charge >= 0.3 is 0 Å². The maximum absolute atomic E-state index is 11.6. The van der Waals surface area contributed by atoms with E-state index in [0.717, 1.165) is 30.8 Å². The number of carbonyl (C=O) groups is 1. The highest BCUT2D eigenvalue weighted by Crippen LogP contribution is 2.23. The van der Waals surface area contributed by atoms with Gasteiger partial charge in [0.1, 0.15) is 0 Å². The van der Waals surface area contributed by atoms with Crippen LogP contribution in [0.3, 0.4) is 0 Å². The Morgan fingerprint density at radius 1 is 1.38 bits per heavy atom. The van der Waals surface area contributed by atoms with Crippen molar-refractivity contribution in [3.63, 3.8) is 0 Å². The number of hydrogen-bond donors (Lipinski definition) is 0.